The van der Waals surface area contributed by atoms with Gasteiger partial charge in [0.15, 0.2) is 0 Å². The molecule has 0 saturated carbocycles. The summed E-state index contributed by atoms with van der Waals surface area (Å²) in [6.45, 7) is 0.973. The zero-order valence-corrected chi connectivity index (χ0v) is 23.5. The van der Waals surface area contributed by atoms with Crippen LogP contribution in [0.3, 0.4) is 0 Å². The van der Waals surface area contributed by atoms with E-state index in [0.29, 0.717) is 12.1 Å². The average Bonchev–Trinajstić information content (AvgIpc) is 2.77. The quantitative estimate of drug-likeness (QED) is 0.170. The number of hydrogen-bond acceptors (Lipinski definition) is 2. The third kappa shape index (κ3) is 9.36. The molecule has 0 fully saturated rings. The van der Waals surface area contributed by atoms with Crippen LogP contribution >= 0.6 is 43.5 Å². The molecule has 2 N–H and O–H groups in total. The maximum absolute atomic E-state index is 15.0. The van der Waals surface area contributed by atoms with Crippen LogP contribution in [-0.2, 0) is 11.0 Å². The molecule has 2 rings (SSSR count). The first-order valence-corrected chi connectivity index (χ1v) is 12.5. The Labute approximate surface area is 241 Å². The van der Waals surface area contributed by atoms with Gasteiger partial charge in [-0.1, -0.05) is 17.7 Å². The zero-order valence-electron chi connectivity index (χ0n) is 19.6. The fraction of sp³-hybridized carbons (Fsp3) is 0.304. The third-order valence-electron chi connectivity index (χ3n) is 4.96. The van der Waals surface area contributed by atoms with Crippen LogP contribution in [-0.4, -0.2) is 30.3 Å². The van der Waals surface area contributed by atoms with Gasteiger partial charge in [-0.05, 0) is 74.7 Å². The molecule has 2 aromatic carbocycles. The lowest BCUT2D eigenvalue weighted by atomic mass is 9.95. The van der Waals surface area contributed by atoms with Gasteiger partial charge >= 0.3 is 18.5 Å². The summed E-state index contributed by atoms with van der Waals surface area (Å²) in [5, 5.41) is 3.59. The third-order valence-corrected chi connectivity index (χ3v) is 7.08. The van der Waals surface area contributed by atoms with Crippen molar-refractivity contribution in [2.75, 3.05) is 0 Å². The predicted octanol–water partition coefficient (Wildman–Crippen LogP) is 8.68. The van der Waals surface area contributed by atoms with Gasteiger partial charge in [-0.25, -0.2) is 4.39 Å². The van der Waals surface area contributed by atoms with Crippen LogP contribution in [0.15, 0.2) is 45.4 Å². The zero-order chi connectivity index (χ0) is 30.8. The molecule has 0 aliphatic carbocycles. The lowest BCUT2D eigenvalue weighted by molar-refractivity contribution is -0.154. The number of carbonyl (C=O) groups excluding carboxylic acids is 2. The number of amides is 2. The predicted molar refractivity (Wildman–Crippen MR) is 132 cm³/mol. The molecular formula is C23H15Br2ClF10N2O2. The van der Waals surface area contributed by atoms with Crippen molar-refractivity contribution in [3.63, 3.8) is 0 Å². The molecule has 17 heteroatoms. The van der Waals surface area contributed by atoms with Crippen molar-refractivity contribution >= 4 is 61.1 Å². The van der Waals surface area contributed by atoms with Gasteiger partial charge in [-0.2, -0.15) is 39.5 Å². The molecule has 220 valence electrons. The number of nitrogens with one attached hydrogen (secondary N) is 2. The Bertz CT molecular complexity index is 1290. The lowest BCUT2D eigenvalue weighted by Gasteiger charge is -2.20. The Morgan fingerprint density at radius 2 is 1.50 bits per heavy atom. The van der Waals surface area contributed by atoms with E-state index in [1.165, 1.54) is 0 Å². The summed E-state index contributed by atoms with van der Waals surface area (Å²) in [7, 11) is 0. The molecule has 2 amide bonds. The number of carbonyl (C=O) groups is 2. The molecule has 2 atom stereocenters. The maximum Gasteiger partial charge on any atom is 0.417 e. The van der Waals surface area contributed by atoms with Gasteiger partial charge in [0.25, 0.3) is 5.91 Å². The largest absolute Gasteiger partial charge is 0.417 e. The van der Waals surface area contributed by atoms with Gasteiger partial charge < -0.3 is 10.6 Å². The Morgan fingerprint density at radius 3 is 1.98 bits per heavy atom. The van der Waals surface area contributed by atoms with Gasteiger partial charge in [0, 0.05) is 14.5 Å². The molecule has 0 radical (unpaired) electrons. The number of hydrogen-bond donors (Lipinski definition) is 2. The summed E-state index contributed by atoms with van der Waals surface area (Å²) < 4.78 is 134. The molecule has 2 aromatic rings. The number of rotatable bonds is 7. The van der Waals surface area contributed by atoms with Crippen LogP contribution in [0.25, 0.3) is 5.83 Å². The van der Waals surface area contributed by atoms with Crippen LogP contribution in [0.4, 0.5) is 43.9 Å². The van der Waals surface area contributed by atoms with E-state index in [0.717, 1.165) is 19.1 Å². The minimum Gasteiger partial charge on any atom is -0.336 e. The van der Waals surface area contributed by atoms with Gasteiger partial charge in [-0.15, -0.1) is 0 Å². The van der Waals surface area contributed by atoms with Crippen LogP contribution in [0.2, 0.25) is 5.02 Å². The van der Waals surface area contributed by atoms with E-state index < -0.39 is 76.9 Å². The fourth-order valence-electron chi connectivity index (χ4n) is 3.29. The Morgan fingerprint density at radius 1 is 0.950 bits per heavy atom. The number of allylic oxidation sites excluding steroid dienone is 1. The van der Waals surface area contributed by atoms with Crippen LogP contribution in [0.5, 0.6) is 0 Å². The van der Waals surface area contributed by atoms with Crippen molar-refractivity contribution in [2.24, 2.45) is 0 Å². The second kappa shape index (κ2) is 12.7. The molecule has 0 saturated heterocycles. The molecule has 2 unspecified atom stereocenters. The van der Waals surface area contributed by atoms with E-state index in [2.05, 4.69) is 31.9 Å². The van der Waals surface area contributed by atoms with Crippen LogP contribution in [0, 0.1) is 0 Å². The first kappa shape index (κ1) is 33.9. The second-order valence-corrected chi connectivity index (χ2v) is 10.2. The average molecular weight is 737 g/mol. The molecule has 0 heterocycles. The van der Waals surface area contributed by atoms with Gasteiger partial charge in [0.05, 0.1) is 22.3 Å². The normalized spacial score (nSPS) is 14.5. The Balaban J connectivity index is 2.44. The number of benzene rings is 2. The highest BCUT2D eigenvalue weighted by Crippen LogP contribution is 2.43. The minimum absolute atomic E-state index is 0.0204. The summed E-state index contributed by atoms with van der Waals surface area (Å²) in [6.07, 6.45) is -18.7. The van der Waals surface area contributed by atoms with Crippen molar-refractivity contribution in [1.82, 2.24) is 10.6 Å². The smallest absolute Gasteiger partial charge is 0.336 e. The number of alkyl halides is 9. The topological polar surface area (TPSA) is 58.2 Å². The molecule has 0 aliphatic heterocycles. The van der Waals surface area contributed by atoms with E-state index in [1.807, 2.05) is 5.32 Å². The number of halogens is 13. The summed E-state index contributed by atoms with van der Waals surface area (Å²) in [5.41, 5.74) is -4.32. The van der Waals surface area contributed by atoms with Crippen molar-refractivity contribution in [1.29, 1.82) is 0 Å². The van der Waals surface area contributed by atoms with Crippen molar-refractivity contribution in [2.45, 2.75) is 44.0 Å². The molecule has 40 heavy (non-hydrogen) atoms. The monoisotopic (exact) mass is 734 g/mol. The van der Waals surface area contributed by atoms with Gasteiger partial charge in [-0.3, -0.25) is 9.59 Å². The molecular weight excluding hydrogens is 722 g/mol. The summed E-state index contributed by atoms with van der Waals surface area (Å²) in [6, 6.07) is 3.11. The summed E-state index contributed by atoms with van der Waals surface area (Å²) >= 11 is 11.8. The Hall–Kier alpha value is -2.33. The summed E-state index contributed by atoms with van der Waals surface area (Å²) in [5.74, 6) is -7.39. The van der Waals surface area contributed by atoms with Crippen molar-refractivity contribution < 1.29 is 53.5 Å². The van der Waals surface area contributed by atoms with E-state index in [1.54, 1.807) is 5.32 Å². The van der Waals surface area contributed by atoms with Crippen molar-refractivity contribution in [3.05, 3.63) is 72.6 Å². The molecule has 4 nitrogen and oxygen atoms in total. The SMILES string of the molecule is CC(NC(=O)CC(F)(F)F)NC(=O)c1ccc(/C(F)=C/C(c2cc(Br)c(Cl)c(Br)c2)C(F)(F)F)cc1C(F)(F)F. The Kier molecular flexibility index (Phi) is 10.7. The first-order valence-electron chi connectivity index (χ1n) is 10.6. The minimum atomic E-state index is -5.30. The lowest BCUT2D eigenvalue weighted by Crippen LogP contribution is -2.47. The van der Waals surface area contributed by atoms with E-state index in [9.17, 15) is 53.5 Å². The molecule has 0 aliphatic rings. The second-order valence-electron chi connectivity index (χ2n) is 8.15. The maximum atomic E-state index is 15.0. The molecule has 0 bridgehead atoms. The van der Waals surface area contributed by atoms with Crippen molar-refractivity contribution in [3.8, 4) is 0 Å². The van der Waals surface area contributed by atoms with Gasteiger partial charge in [0.2, 0.25) is 5.91 Å². The van der Waals surface area contributed by atoms with E-state index in [4.69, 9.17) is 11.6 Å². The van der Waals surface area contributed by atoms with E-state index in [-0.39, 0.29) is 26.1 Å². The highest BCUT2D eigenvalue weighted by molar-refractivity contribution is 9.11. The molecule has 0 aromatic heterocycles. The standard InChI is InChI=1S/C23H15Br2ClF10N2O2/c1-9(37-18(39)8-21(28,29)30)38-20(40)12-3-2-10(4-14(12)23(34,35)36)17(27)7-13(22(31,32)33)11-5-15(24)19(26)16(25)6-11/h2-7,9,13H,8H2,1H3,(H,37,39)(H,38,40)/b17-7-. The van der Waals surface area contributed by atoms with Crippen LogP contribution < -0.4 is 10.6 Å². The van der Waals surface area contributed by atoms with Gasteiger partial charge in [0.1, 0.15) is 18.2 Å². The highest BCUT2D eigenvalue weighted by Gasteiger charge is 2.41. The molecule has 0 spiro atoms. The highest BCUT2D eigenvalue weighted by atomic mass is 79.9. The van der Waals surface area contributed by atoms with Crippen LogP contribution in [0.1, 0.15) is 46.3 Å². The fourth-order valence-corrected chi connectivity index (χ4v) is 4.62. The summed E-state index contributed by atoms with van der Waals surface area (Å²) in [4.78, 5) is 23.7. The van der Waals surface area contributed by atoms with E-state index >= 15 is 0 Å². The first-order chi connectivity index (χ1) is 18.1.